The summed E-state index contributed by atoms with van der Waals surface area (Å²) < 4.78 is 4.54. The molecule has 0 saturated carbocycles. The number of carbonyl (C=O) groups is 1. The van der Waals surface area contributed by atoms with Gasteiger partial charge >= 0.3 is 5.97 Å². The second-order valence-electron chi connectivity index (χ2n) is 2.82. The van der Waals surface area contributed by atoms with E-state index in [4.69, 9.17) is 0 Å². The molecule has 14 heavy (non-hydrogen) atoms. The van der Waals surface area contributed by atoms with Crippen LogP contribution in [0.4, 0.5) is 5.82 Å². The third-order valence-electron chi connectivity index (χ3n) is 1.84. The van der Waals surface area contributed by atoms with Crippen LogP contribution in [0.2, 0.25) is 0 Å². The van der Waals surface area contributed by atoms with Gasteiger partial charge in [-0.3, -0.25) is 4.79 Å². The van der Waals surface area contributed by atoms with E-state index in [9.17, 15) is 4.79 Å². The maximum Gasteiger partial charge on any atom is 0.307 e. The van der Waals surface area contributed by atoms with E-state index < -0.39 is 0 Å². The summed E-state index contributed by atoms with van der Waals surface area (Å²) in [6.45, 7) is 0.587. The fourth-order valence-corrected chi connectivity index (χ4v) is 0.985. The Kier molecular flexibility index (Phi) is 3.84. The van der Waals surface area contributed by atoms with Gasteiger partial charge in [-0.25, -0.2) is 9.97 Å². The van der Waals surface area contributed by atoms with Crippen LogP contribution in [0.3, 0.4) is 0 Å². The predicted octanol–water partition coefficient (Wildman–Crippen LogP) is 0.476. The highest BCUT2D eigenvalue weighted by Gasteiger charge is 2.05. The van der Waals surface area contributed by atoms with E-state index >= 15 is 0 Å². The fourth-order valence-electron chi connectivity index (χ4n) is 0.985. The molecule has 0 saturated heterocycles. The zero-order valence-electron chi connectivity index (χ0n) is 8.30. The molecule has 0 N–H and O–H groups in total. The first-order chi connectivity index (χ1) is 6.74. The molecule has 0 aliphatic rings. The Hall–Kier alpha value is -1.65. The lowest BCUT2D eigenvalue weighted by Gasteiger charge is -2.16. The van der Waals surface area contributed by atoms with Crippen LogP contribution in [0.1, 0.15) is 6.42 Å². The summed E-state index contributed by atoms with van der Waals surface area (Å²) in [6.07, 6.45) is 3.50. The third-order valence-corrected chi connectivity index (χ3v) is 1.84. The topological polar surface area (TPSA) is 55.3 Å². The highest BCUT2D eigenvalue weighted by molar-refractivity contribution is 5.69. The second-order valence-corrected chi connectivity index (χ2v) is 2.82. The molecule has 0 unspecified atom stereocenters. The van der Waals surface area contributed by atoms with Crippen molar-refractivity contribution in [1.82, 2.24) is 9.97 Å². The molecule has 1 rings (SSSR count). The molecule has 0 aliphatic heterocycles. The maximum atomic E-state index is 10.9. The van der Waals surface area contributed by atoms with Gasteiger partial charge in [0, 0.05) is 19.8 Å². The maximum absolute atomic E-state index is 10.9. The normalized spacial score (nSPS) is 9.57. The molecular weight excluding hydrogens is 182 g/mol. The summed E-state index contributed by atoms with van der Waals surface area (Å²) in [4.78, 5) is 20.6. The van der Waals surface area contributed by atoms with Gasteiger partial charge in [-0.05, 0) is 6.07 Å². The molecule has 0 spiro atoms. The number of carbonyl (C=O) groups excluding carboxylic acids is 1. The van der Waals surface area contributed by atoms with Crippen LogP contribution in [0.15, 0.2) is 18.6 Å². The van der Waals surface area contributed by atoms with E-state index in [-0.39, 0.29) is 5.97 Å². The van der Waals surface area contributed by atoms with Crippen molar-refractivity contribution in [3.8, 4) is 0 Å². The van der Waals surface area contributed by atoms with Gasteiger partial charge in [0.2, 0.25) is 0 Å². The Labute approximate surface area is 82.7 Å². The first kappa shape index (κ1) is 10.4. The molecule has 0 bridgehead atoms. The minimum Gasteiger partial charge on any atom is -0.469 e. The minimum atomic E-state index is -0.217. The molecule has 0 amide bonds. The predicted molar refractivity (Wildman–Crippen MR) is 51.9 cm³/mol. The number of ether oxygens (including phenoxy) is 1. The lowest BCUT2D eigenvalue weighted by molar-refractivity contribution is -0.140. The standard InChI is InChI=1S/C9H13N3O2/c1-12(6-4-9(13)14-2)8-3-5-10-7-11-8/h3,5,7H,4,6H2,1-2H3. The van der Waals surface area contributed by atoms with Crippen LogP contribution in [0.25, 0.3) is 0 Å². The number of anilines is 1. The average molecular weight is 195 g/mol. The number of methoxy groups -OCH3 is 1. The number of rotatable bonds is 4. The van der Waals surface area contributed by atoms with Crippen molar-refractivity contribution in [1.29, 1.82) is 0 Å². The fraction of sp³-hybridized carbons (Fsp3) is 0.444. The number of esters is 1. The van der Waals surface area contributed by atoms with Crippen LogP contribution in [-0.4, -0.2) is 36.6 Å². The van der Waals surface area contributed by atoms with Gasteiger partial charge in [-0.1, -0.05) is 0 Å². The Morgan fingerprint density at radius 1 is 1.64 bits per heavy atom. The van der Waals surface area contributed by atoms with E-state index in [1.807, 2.05) is 11.9 Å². The molecule has 76 valence electrons. The number of nitrogens with zero attached hydrogens (tertiary/aromatic N) is 3. The van der Waals surface area contributed by atoms with Gasteiger partial charge in [-0.15, -0.1) is 0 Å². The van der Waals surface area contributed by atoms with Gasteiger partial charge in [0.25, 0.3) is 0 Å². The lowest BCUT2D eigenvalue weighted by atomic mass is 10.4. The van der Waals surface area contributed by atoms with Gasteiger partial charge in [0.15, 0.2) is 0 Å². The summed E-state index contributed by atoms with van der Waals surface area (Å²) in [7, 11) is 3.25. The zero-order valence-corrected chi connectivity index (χ0v) is 8.30. The molecule has 0 fully saturated rings. The molecule has 0 aromatic carbocycles. The molecule has 0 aliphatic carbocycles. The van der Waals surface area contributed by atoms with E-state index in [2.05, 4.69) is 14.7 Å². The Bertz CT molecular complexity index is 289. The molecular formula is C9H13N3O2. The van der Waals surface area contributed by atoms with Crippen molar-refractivity contribution < 1.29 is 9.53 Å². The first-order valence-electron chi connectivity index (χ1n) is 4.28. The molecule has 0 atom stereocenters. The molecule has 1 aromatic heterocycles. The summed E-state index contributed by atoms with van der Waals surface area (Å²) in [6, 6.07) is 1.79. The van der Waals surface area contributed by atoms with E-state index in [1.54, 1.807) is 12.3 Å². The van der Waals surface area contributed by atoms with Crippen molar-refractivity contribution in [2.45, 2.75) is 6.42 Å². The minimum absolute atomic E-state index is 0.217. The summed E-state index contributed by atoms with van der Waals surface area (Å²) in [5.41, 5.74) is 0. The quantitative estimate of drug-likeness (QED) is 0.654. The van der Waals surface area contributed by atoms with Gasteiger partial charge < -0.3 is 9.64 Å². The van der Waals surface area contributed by atoms with Crippen molar-refractivity contribution in [2.75, 3.05) is 25.6 Å². The number of hydrogen-bond acceptors (Lipinski definition) is 5. The zero-order chi connectivity index (χ0) is 10.4. The van der Waals surface area contributed by atoms with E-state index in [1.165, 1.54) is 13.4 Å². The van der Waals surface area contributed by atoms with Gasteiger partial charge in [0.05, 0.1) is 13.5 Å². The van der Waals surface area contributed by atoms with Crippen LogP contribution in [0, 0.1) is 0 Å². The van der Waals surface area contributed by atoms with Gasteiger partial charge in [-0.2, -0.15) is 0 Å². The largest absolute Gasteiger partial charge is 0.469 e. The monoisotopic (exact) mass is 195 g/mol. The molecule has 5 heteroatoms. The highest BCUT2D eigenvalue weighted by atomic mass is 16.5. The molecule has 1 aromatic rings. The Morgan fingerprint density at radius 2 is 2.43 bits per heavy atom. The summed E-state index contributed by atoms with van der Waals surface area (Å²) in [5.74, 6) is 0.579. The summed E-state index contributed by atoms with van der Waals surface area (Å²) in [5, 5.41) is 0. The van der Waals surface area contributed by atoms with Crippen LogP contribution >= 0.6 is 0 Å². The molecule has 0 radical (unpaired) electrons. The van der Waals surface area contributed by atoms with Gasteiger partial charge in [0.1, 0.15) is 12.1 Å². The SMILES string of the molecule is COC(=O)CCN(C)c1ccncn1. The Morgan fingerprint density at radius 3 is 3.00 bits per heavy atom. The average Bonchev–Trinajstić information content (AvgIpc) is 2.26. The van der Waals surface area contributed by atoms with Crippen LogP contribution in [0.5, 0.6) is 0 Å². The first-order valence-corrected chi connectivity index (χ1v) is 4.28. The number of aromatic nitrogens is 2. The highest BCUT2D eigenvalue weighted by Crippen LogP contribution is 2.05. The third kappa shape index (κ3) is 3.01. The molecule has 1 heterocycles. The Balaban J connectivity index is 2.43. The van der Waals surface area contributed by atoms with Crippen LogP contribution < -0.4 is 4.90 Å². The molecule has 5 nitrogen and oxygen atoms in total. The lowest BCUT2D eigenvalue weighted by Crippen LogP contribution is -2.22. The van der Waals surface area contributed by atoms with Crippen molar-refractivity contribution in [3.63, 3.8) is 0 Å². The smallest absolute Gasteiger partial charge is 0.307 e. The van der Waals surface area contributed by atoms with Crippen molar-refractivity contribution in [3.05, 3.63) is 18.6 Å². The van der Waals surface area contributed by atoms with E-state index in [0.717, 1.165) is 5.82 Å². The number of hydrogen-bond donors (Lipinski definition) is 0. The van der Waals surface area contributed by atoms with Crippen molar-refractivity contribution in [2.24, 2.45) is 0 Å². The second kappa shape index (κ2) is 5.16. The van der Waals surface area contributed by atoms with Crippen LogP contribution in [-0.2, 0) is 9.53 Å². The van der Waals surface area contributed by atoms with Crippen molar-refractivity contribution >= 4 is 11.8 Å². The summed E-state index contributed by atoms with van der Waals surface area (Å²) >= 11 is 0. The van der Waals surface area contributed by atoms with E-state index in [0.29, 0.717) is 13.0 Å².